The molecule has 1 amide bonds. The van der Waals surface area contributed by atoms with E-state index in [-0.39, 0.29) is 6.42 Å². The van der Waals surface area contributed by atoms with Gasteiger partial charge in [-0.15, -0.1) is 0 Å². The van der Waals surface area contributed by atoms with E-state index in [1.807, 2.05) is 19.9 Å². The minimum absolute atomic E-state index is 0.224. The predicted molar refractivity (Wildman–Crippen MR) is 145 cm³/mol. The van der Waals surface area contributed by atoms with Crippen molar-refractivity contribution in [2.75, 3.05) is 6.61 Å². The van der Waals surface area contributed by atoms with Gasteiger partial charge in [-0.3, -0.25) is 28.8 Å². The van der Waals surface area contributed by atoms with Crippen molar-refractivity contribution in [1.29, 1.82) is 0 Å². The number of benzene rings is 1. The summed E-state index contributed by atoms with van der Waals surface area (Å²) in [4.78, 5) is 72.8. The average Bonchev–Trinajstić information content (AvgIpc) is 2.79. The number of esters is 5. The van der Waals surface area contributed by atoms with Crippen LogP contribution in [0.5, 0.6) is 5.75 Å². The van der Waals surface area contributed by atoms with Crippen molar-refractivity contribution in [3.8, 4) is 5.75 Å². The minimum Gasteiger partial charge on any atom is -0.463 e. The first-order valence-electron chi connectivity index (χ1n) is 13.3. The van der Waals surface area contributed by atoms with E-state index in [0.717, 1.165) is 31.9 Å². The molecule has 0 saturated carbocycles. The second-order valence-electron chi connectivity index (χ2n) is 10.8. The van der Waals surface area contributed by atoms with Crippen LogP contribution in [0.1, 0.15) is 71.6 Å². The molecule has 1 aromatic carbocycles. The van der Waals surface area contributed by atoms with Gasteiger partial charge in [-0.25, -0.2) is 0 Å². The zero-order chi connectivity index (χ0) is 31.9. The third kappa shape index (κ3) is 9.54. The van der Waals surface area contributed by atoms with E-state index in [0.29, 0.717) is 11.3 Å². The first-order valence-corrected chi connectivity index (χ1v) is 13.3. The van der Waals surface area contributed by atoms with Crippen LogP contribution in [0.2, 0.25) is 0 Å². The third-order valence-corrected chi connectivity index (χ3v) is 6.28. The molecule has 232 valence electrons. The molecule has 0 aromatic heterocycles. The third-order valence-electron chi connectivity index (χ3n) is 6.28. The Labute approximate surface area is 244 Å². The number of nitrogens with one attached hydrogen (secondary N) is 1. The maximum atomic E-state index is 13.4. The highest BCUT2D eigenvalue weighted by atomic mass is 16.7. The maximum Gasteiger partial charge on any atom is 0.309 e. The van der Waals surface area contributed by atoms with Crippen LogP contribution in [0.25, 0.3) is 0 Å². The molecule has 1 aliphatic rings. The van der Waals surface area contributed by atoms with Gasteiger partial charge in [-0.05, 0) is 31.0 Å². The van der Waals surface area contributed by atoms with Gasteiger partial charge in [0.1, 0.15) is 24.5 Å². The van der Waals surface area contributed by atoms with Crippen LogP contribution in [-0.2, 0) is 57.9 Å². The van der Waals surface area contributed by atoms with E-state index >= 15 is 0 Å². The minimum atomic E-state index is -1.54. The Morgan fingerprint density at radius 1 is 0.833 bits per heavy atom. The summed E-state index contributed by atoms with van der Waals surface area (Å²) >= 11 is 0. The Morgan fingerprint density at radius 2 is 1.43 bits per heavy atom. The second-order valence-corrected chi connectivity index (χ2v) is 10.8. The Morgan fingerprint density at radius 3 is 1.95 bits per heavy atom. The fraction of sp³-hybridized carbons (Fsp3) is 0.586. The largest absolute Gasteiger partial charge is 0.463 e. The number of aryl methyl sites for hydroxylation is 2. The number of hydrogen-bond acceptors (Lipinski definition) is 12. The van der Waals surface area contributed by atoms with Crippen molar-refractivity contribution >= 4 is 35.8 Å². The summed E-state index contributed by atoms with van der Waals surface area (Å²) in [6.07, 6.45) is -5.69. The van der Waals surface area contributed by atoms with Crippen LogP contribution in [-0.4, -0.2) is 73.0 Å². The van der Waals surface area contributed by atoms with Gasteiger partial charge in [0, 0.05) is 45.6 Å². The Balaban J connectivity index is 2.46. The first-order chi connectivity index (χ1) is 19.4. The lowest BCUT2D eigenvalue weighted by Gasteiger charge is -2.44. The smallest absolute Gasteiger partial charge is 0.309 e. The Bertz CT molecular complexity index is 1220. The molecule has 42 heavy (non-hydrogen) atoms. The zero-order valence-electron chi connectivity index (χ0n) is 25.4. The van der Waals surface area contributed by atoms with E-state index in [2.05, 4.69) is 5.32 Å². The van der Waals surface area contributed by atoms with E-state index in [1.165, 1.54) is 13.8 Å². The molecular weight excluding hydrogens is 554 g/mol. The highest BCUT2D eigenvalue weighted by Crippen LogP contribution is 2.39. The van der Waals surface area contributed by atoms with Gasteiger partial charge in [0.15, 0.2) is 12.2 Å². The van der Waals surface area contributed by atoms with Crippen molar-refractivity contribution in [2.45, 2.75) is 105 Å². The van der Waals surface area contributed by atoms with Gasteiger partial charge in [0.05, 0.1) is 6.42 Å². The molecule has 1 heterocycles. The van der Waals surface area contributed by atoms with Crippen LogP contribution in [0, 0.1) is 13.8 Å². The Hall–Kier alpha value is -4.00. The average molecular weight is 594 g/mol. The van der Waals surface area contributed by atoms with Gasteiger partial charge in [0.25, 0.3) is 0 Å². The molecule has 1 aromatic rings. The van der Waals surface area contributed by atoms with E-state index in [1.54, 1.807) is 19.9 Å². The summed E-state index contributed by atoms with van der Waals surface area (Å²) < 4.78 is 32.9. The molecule has 13 nitrogen and oxygen atoms in total. The molecule has 13 heteroatoms. The Kier molecular flexibility index (Phi) is 11.6. The molecular formula is C29H39NO12. The lowest BCUT2D eigenvalue weighted by atomic mass is 9.78. The SMILES string of the molecule is CC(=O)N[C@@H]1C(OC(C)=O)[C@H](OC(C)=O)C(COC(C)=O)O[C@@H]1OC(=O)CC(C)(C)c1c(C)cc(C)cc1OC(C)=O. The van der Waals surface area contributed by atoms with Crippen molar-refractivity contribution < 1.29 is 57.2 Å². The van der Waals surface area contributed by atoms with E-state index in [9.17, 15) is 28.8 Å². The lowest BCUT2D eigenvalue weighted by Crippen LogP contribution is -2.66. The number of ether oxygens (including phenoxy) is 6. The van der Waals surface area contributed by atoms with Crippen molar-refractivity contribution in [2.24, 2.45) is 0 Å². The van der Waals surface area contributed by atoms with Crippen LogP contribution in [0.4, 0.5) is 0 Å². The lowest BCUT2D eigenvalue weighted by molar-refractivity contribution is -0.271. The van der Waals surface area contributed by atoms with Crippen molar-refractivity contribution in [1.82, 2.24) is 5.32 Å². The molecule has 1 saturated heterocycles. The highest BCUT2D eigenvalue weighted by molar-refractivity contribution is 5.75. The van der Waals surface area contributed by atoms with Gasteiger partial charge < -0.3 is 33.7 Å². The normalized spacial score (nSPS) is 21.9. The first kappa shape index (κ1) is 34.2. The molecule has 0 radical (unpaired) electrons. The fourth-order valence-corrected chi connectivity index (χ4v) is 5.04. The molecule has 0 spiro atoms. The summed E-state index contributed by atoms with van der Waals surface area (Å²) in [6, 6.07) is 2.30. The number of carbonyl (C=O) groups excluding carboxylic acids is 6. The van der Waals surface area contributed by atoms with Crippen LogP contribution >= 0.6 is 0 Å². The van der Waals surface area contributed by atoms with Crippen LogP contribution in [0.3, 0.4) is 0 Å². The van der Waals surface area contributed by atoms with Crippen molar-refractivity contribution in [3.05, 3.63) is 28.8 Å². The zero-order valence-corrected chi connectivity index (χ0v) is 25.4. The van der Waals surface area contributed by atoms with Crippen molar-refractivity contribution in [3.63, 3.8) is 0 Å². The van der Waals surface area contributed by atoms with E-state index in [4.69, 9.17) is 28.4 Å². The summed E-state index contributed by atoms with van der Waals surface area (Å²) in [7, 11) is 0. The summed E-state index contributed by atoms with van der Waals surface area (Å²) in [5, 5.41) is 2.55. The molecule has 0 bridgehead atoms. The second kappa shape index (κ2) is 14.3. The molecule has 1 aliphatic heterocycles. The van der Waals surface area contributed by atoms with Gasteiger partial charge >= 0.3 is 29.8 Å². The quantitative estimate of drug-likeness (QED) is 0.238. The van der Waals surface area contributed by atoms with Gasteiger partial charge in [-0.2, -0.15) is 0 Å². The summed E-state index contributed by atoms with van der Waals surface area (Å²) in [5.41, 5.74) is 1.35. The van der Waals surface area contributed by atoms with Crippen LogP contribution < -0.4 is 10.1 Å². The van der Waals surface area contributed by atoms with Gasteiger partial charge in [-0.1, -0.05) is 19.9 Å². The topological polar surface area (TPSA) is 170 Å². The summed E-state index contributed by atoms with van der Waals surface area (Å²) in [5.74, 6) is -3.77. The van der Waals surface area contributed by atoms with Gasteiger partial charge in [0.2, 0.25) is 12.2 Å². The molecule has 1 fully saturated rings. The van der Waals surface area contributed by atoms with Crippen LogP contribution in [0.15, 0.2) is 12.1 Å². The monoisotopic (exact) mass is 593 g/mol. The number of amides is 1. The maximum absolute atomic E-state index is 13.4. The molecule has 5 atom stereocenters. The molecule has 2 unspecified atom stereocenters. The molecule has 2 rings (SSSR count). The number of carbonyl (C=O) groups is 6. The highest BCUT2D eigenvalue weighted by Gasteiger charge is 2.52. The predicted octanol–water partition coefficient (Wildman–Crippen LogP) is 2.10. The standard InChI is InChI=1S/C29H39NO12/c1-14-10-15(2)24(21(11-14)38-18(5)33)29(8,9)12-23(36)42-28-25(30-16(3)31)27(40-20(7)35)26(39-19(6)34)22(41-28)13-37-17(4)32/h10-11,22,25-28H,12-13H2,1-9H3,(H,30,31)/t22?,25-,26-,27?,28-/m1/s1. The summed E-state index contributed by atoms with van der Waals surface area (Å²) in [6.45, 7) is 12.6. The number of hydrogen-bond donors (Lipinski definition) is 1. The fourth-order valence-electron chi connectivity index (χ4n) is 5.04. The number of rotatable bonds is 10. The van der Waals surface area contributed by atoms with E-state index < -0.39 is 78.4 Å². The molecule has 1 N–H and O–H groups in total. The molecule has 0 aliphatic carbocycles.